The zero-order valence-electron chi connectivity index (χ0n) is 12.9. The molecule has 0 bridgehead atoms. The highest BCUT2D eigenvalue weighted by Gasteiger charge is 2.24. The summed E-state index contributed by atoms with van der Waals surface area (Å²) in [6.07, 6.45) is 0.926. The van der Waals surface area contributed by atoms with Gasteiger partial charge in [-0.05, 0) is 60.4 Å². The van der Waals surface area contributed by atoms with Crippen LogP contribution in [0.25, 0.3) is 0 Å². The second kappa shape index (κ2) is 6.18. The van der Waals surface area contributed by atoms with E-state index in [9.17, 15) is 17.6 Å². The zero-order chi connectivity index (χ0) is 17.5. The fraction of sp³-hybridized carbons (Fsp3) is 0.235. The highest BCUT2D eigenvalue weighted by atomic mass is 35.5. The molecule has 0 unspecified atom stereocenters. The Bertz CT molecular complexity index is 941. The van der Waals surface area contributed by atoms with E-state index < -0.39 is 20.7 Å². The minimum Gasteiger partial charge on any atom is -0.299 e. The number of carbonyl (C=O) groups is 1. The molecule has 0 saturated carbocycles. The van der Waals surface area contributed by atoms with E-state index in [2.05, 4.69) is 4.72 Å². The standard InChI is InChI=1S/C17H15ClFNO3S/c1-10-6-13(3-5-15(10)18)20-24(22,23)17-9-11-2-4-14(21)7-12(11)8-16(17)19/h3,5-6,8-9,20H,2,4,7H2,1H3. The average Bonchev–Trinajstić information content (AvgIpc) is 2.49. The van der Waals surface area contributed by atoms with Crippen LogP contribution in [0.5, 0.6) is 0 Å². The maximum atomic E-state index is 14.3. The molecule has 0 fully saturated rings. The summed E-state index contributed by atoms with van der Waals surface area (Å²) in [4.78, 5) is 11.0. The van der Waals surface area contributed by atoms with E-state index in [0.717, 1.165) is 6.07 Å². The number of ketones is 1. The molecule has 1 aliphatic carbocycles. The third kappa shape index (κ3) is 3.30. The molecule has 24 heavy (non-hydrogen) atoms. The molecule has 126 valence electrons. The van der Waals surface area contributed by atoms with Gasteiger partial charge in [0, 0.05) is 23.6 Å². The third-order valence-electron chi connectivity index (χ3n) is 4.01. The Morgan fingerprint density at radius 1 is 1.12 bits per heavy atom. The highest BCUT2D eigenvalue weighted by Crippen LogP contribution is 2.27. The second-order valence-corrected chi connectivity index (χ2v) is 7.89. The smallest absolute Gasteiger partial charge is 0.264 e. The van der Waals surface area contributed by atoms with Gasteiger partial charge in [-0.15, -0.1) is 0 Å². The summed E-state index contributed by atoms with van der Waals surface area (Å²) < 4.78 is 41.7. The number of halogens is 2. The van der Waals surface area contributed by atoms with Crippen LogP contribution in [0.1, 0.15) is 23.1 Å². The minimum atomic E-state index is -4.07. The van der Waals surface area contributed by atoms with Crippen molar-refractivity contribution in [2.75, 3.05) is 4.72 Å². The summed E-state index contributed by atoms with van der Waals surface area (Å²) in [6.45, 7) is 1.75. The average molecular weight is 368 g/mol. The Kier molecular flexibility index (Phi) is 4.36. The normalized spacial score (nSPS) is 14.4. The highest BCUT2D eigenvalue weighted by molar-refractivity contribution is 7.92. The first-order valence-electron chi connectivity index (χ1n) is 7.38. The van der Waals surface area contributed by atoms with Crippen molar-refractivity contribution < 1.29 is 17.6 Å². The van der Waals surface area contributed by atoms with Crippen LogP contribution in [0.4, 0.5) is 10.1 Å². The lowest BCUT2D eigenvalue weighted by Crippen LogP contribution is -2.18. The summed E-state index contributed by atoms with van der Waals surface area (Å²) in [6, 6.07) is 7.14. The number of fused-ring (bicyclic) bond motifs is 1. The predicted molar refractivity (Wildman–Crippen MR) is 90.4 cm³/mol. The van der Waals surface area contributed by atoms with Crippen molar-refractivity contribution >= 4 is 33.1 Å². The number of benzene rings is 2. The van der Waals surface area contributed by atoms with Gasteiger partial charge in [-0.1, -0.05) is 11.6 Å². The van der Waals surface area contributed by atoms with Crippen molar-refractivity contribution in [2.24, 2.45) is 0 Å². The molecule has 2 aromatic carbocycles. The topological polar surface area (TPSA) is 63.2 Å². The molecule has 0 spiro atoms. The molecule has 0 atom stereocenters. The van der Waals surface area contributed by atoms with E-state index in [1.807, 2.05) is 0 Å². The number of Topliss-reactive ketones (excluding diaryl/α,β-unsaturated/α-hetero) is 1. The van der Waals surface area contributed by atoms with E-state index in [1.54, 1.807) is 19.1 Å². The van der Waals surface area contributed by atoms with Gasteiger partial charge in [0.1, 0.15) is 16.5 Å². The van der Waals surface area contributed by atoms with Crippen LogP contribution in [0.15, 0.2) is 35.2 Å². The molecule has 2 aromatic rings. The molecule has 0 amide bonds. The lowest BCUT2D eigenvalue weighted by Gasteiger charge is -2.17. The van der Waals surface area contributed by atoms with Gasteiger partial charge in [0.2, 0.25) is 0 Å². The Hall–Kier alpha value is -1.92. The zero-order valence-corrected chi connectivity index (χ0v) is 14.5. The summed E-state index contributed by atoms with van der Waals surface area (Å²) in [5, 5.41) is 0.516. The van der Waals surface area contributed by atoms with Gasteiger partial charge < -0.3 is 0 Å². The summed E-state index contributed by atoms with van der Waals surface area (Å²) in [5.41, 5.74) is 2.28. The maximum absolute atomic E-state index is 14.3. The maximum Gasteiger partial charge on any atom is 0.264 e. The van der Waals surface area contributed by atoms with Crippen molar-refractivity contribution in [3.63, 3.8) is 0 Å². The van der Waals surface area contributed by atoms with Gasteiger partial charge in [-0.2, -0.15) is 0 Å². The number of anilines is 1. The monoisotopic (exact) mass is 367 g/mol. The lowest BCUT2D eigenvalue weighted by atomic mass is 9.91. The van der Waals surface area contributed by atoms with Crippen molar-refractivity contribution in [1.29, 1.82) is 0 Å². The summed E-state index contributed by atoms with van der Waals surface area (Å²) in [5.74, 6) is -0.825. The van der Waals surface area contributed by atoms with Gasteiger partial charge in [-0.3, -0.25) is 9.52 Å². The van der Waals surface area contributed by atoms with Crippen LogP contribution in [0, 0.1) is 12.7 Å². The van der Waals surface area contributed by atoms with Crippen LogP contribution in [-0.4, -0.2) is 14.2 Å². The van der Waals surface area contributed by atoms with E-state index in [1.165, 1.54) is 12.1 Å². The fourth-order valence-corrected chi connectivity index (χ4v) is 4.01. The van der Waals surface area contributed by atoms with Crippen LogP contribution < -0.4 is 4.72 Å². The number of aryl methyl sites for hydroxylation is 2. The van der Waals surface area contributed by atoms with Gasteiger partial charge in [-0.25, -0.2) is 12.8 Å². The van der Waals surface area contributed by atoms with E-state index in [4.69, 9.17) is 11.6 Å². The fourth-order valence-electron chi connectivity index (χ4n) is 2.73. The molecule has 0 radical (unpaired) electrons. The van der Waals surface area contributed by atoms with E-state index in [-0.39, 0.29) is 12.2 Å². The molecule has 0 saturated heterocycles. The third-order valence-corrected chi connectivity index (χ3v) is 5.83. The molecular formula is C17H15ClFNO3S. The van der Waals surface area contributed by atoms with Gasteiger partial charge in [0.05, 0.1) is 0 Å². The molecular weight excluding hydrogens is 353 g/mol. The quantitative estimate of drug-likeness (QED) is 0.900. The minimum absolute atomic E-state index is 0.0345. The molecule has 0 heterocycles. The van der Waals surface area contributed by atoms with Crippen LogP contribution in [0.3, 0.4) is 0 Å². The number of rotatable bonds is 3. The first kappa shape index (κ1) is 16.9. The Labute approximate surface area is 144 Å². The lowest BCUT2D eigenvalue weighted by molar-refractivity contribution is -0.118. The number of carbonyl (C=O) groups excluding carboxylic acids is 1. The molecule has 7 heteroatoms. The molecule has 1 N–H and O–H groups in total. The molecule has 1 aliphatic rings. The number of hydrogen-bond donors (Lipinski definition) is 1. The van der Waals surface area contributed by atoms with Crippen molar-refractivity contribution in [3.05, 3.63) is 57.9 Å². The number of sulfonamides is 1. The van der Waals surface area contributed by atoms with Crippen molar-refractivity contribution in [2.45, 2.75) is 31.1 Å². The van der Waals surface area contributed by atoms with Crippen LogP contribution in [-0.2, 0) is 27.7 Å². The van der Waals surface area contributed by atoms with Crippen molar-refractivity contribution in [1.82, 2.24) is 0 Å². The largest absolute Gasteiger partial charge is 0.299 e. The van der Waals surface area contributed by atoms with Gasteiger partial charge in [0.15, 0.2) is 0 Å². The summed E-state index contributed by atoms with van der Waals surface area (Å²) in [7, 11) is -4.07. The first-order valence-corrected chi connectivity index (χ1v) is 9.24. The molecule has 3 rings (SSSR count). The Morgan fingerprint density at radius 3 is 2.58 bits per heavy atom. The van der Waals surface area contributed by atoms with E-state index >= 15 is 0 Å². The Balaban J connectivity index is 1.97. The van der Waals surface area contributed by atoms with Gasteiger partial charge in [0.25, 0.3) is 10.0 Å². The molecule has 0 aliphatic heterocycles. The SMILES string of the molecule is Cc1cc(NS(=O)(=O)c2cc3c(cc2F)CC(=O)CC3)ccc1Cl. The van der Waals surface area contributed by atoms with Crippen LogP contribution >= 0.6 is 11.6 Å². The molecule has 4 nitrogen and oxygen atoms in total. The number of nitrogens with one attached hydrogen (secondary N) is 1. The predicted octanol–water partition coefficient (Wildman–Crippen LogP) is 3.65. The second-order valence-electron chi connectivity index (χ2n) is 5.84. The van der Waals surface area contributed by atoms with Gasteiger partial charge >= 0.3 is 0 Å². The van der Waals surface area contributed by atoms with E-state index in [0.29, 0.717) is 40.2 Å². The summed E-state index contributed by atoms with van der Waals surface area (Å²) >= 11 is 5.92. The number of hydrogen-bond acceptors (Lipinski definition) is 3. The van der Waals surface area contributed by atoms with Crippen LogP contribution in [0.2, 0.25) is 5.02 Å². The Morgan fingerprint density at radius 2 is 1.88 bits per heavy atom. The first-order chi connectivity index (χ1) is 11.3. The molecule has 0 aromatic heterocycles. The van der Waals surface area contributed by atoms with Crippen molar-refractivity contribution in [3.8, 4) is 0 Å².